The average molecular weight is 251 g/mol. The Morgan fingerprint density at radius 3 is 2.72 bits per heavy atom. The molecule has 0 heterocycles. The van der Waals surface area contributed by atoms with Gasteiger partial charge in [-0.05, 0) is 12.1 Å². The van der Waals surface area contributed by atoms with Crippen LogP contribution in [0.2, 0.25) is 0 Å². The predicted molar refractivity (Wildman–Crippen MR) is 64.4 cm³/mol. The molecule has 1 aromatic carbocycles. The highest BCUT2D eigenvalue weighted by atomic mass is 16.5. The van der Waals surface area contributed by atoms with Crippen molar-refractivity contribution in [1.29, 1.82) is 0 Å². The largest absolute Gasteiger partial charge is 0.493 e. The van der Waals surface area contributed by atoms with Crippen LogP contribution < -0.4 is 15.2 Å². The van der Waals surface area contributed by atoms with Crippen LogP contribution in [-0.4, -0.2) is 30.7 Å². The summed E-state index contributed by atoms with van der Waals surface area (Å²) in [5, 5.41) is 8.58. The van der Waals surface area contributed by atoms with Gasteiger partial charge in [-0.3, -0.25) is 4.79 Å². The Bertz CT molecular complexity index is 481. The molecule has 0 atom stereocenters. The van der Waals surface area contributed by atoms with Gasteiger partial charge in [-0.1, -0.05) is 12.1 Å². The molecule has 0 saturated carbocycles. The number of carboxylic acid groups (broad SMARTS) is 1. The summed E-state index contributed by atoms with van der Waals surface area (Å²) in [6, 6.07) is 4.95. The number of rotatable bonds is 6. The molecule has 6 heteroatoms. The molecule has 0 bridgehead atoms. The third-order valence-corrected chi connectivity index (χ3v) is 1.99. The standard InChI is InChI=1S/C12H13NO5/c1-17-9-4-2-3-8(5-6-11(15)16)12(9)18-7-10(13)14/h2-6H,7H2,1H3,(H2,13,14)(H,15,16)/b6-5+. The molecule has 1 aromatic rings. The number of carbonyl (C=O) groups excluding carboxylic acids is 1. The number of carboxylic acids is 1. The van der Waals surface area contributed by atoms with Crippen molar-refractivity contribution >= 4 is 18.0 Å². The minimum atomic E-state index is -1.08. The van der Waals surface area contributed by atoms with Gasteiger partial charge in [-0.25, -0.2) is 4.79 Å². The Kier molecular flexibility index (Phi) is 4.74. The first-order chi connectivity index (χ1) is 8.54. The lowest BCUT2D eigenvalue weighted by Gasteiger charge is -2.11. The Morgan fingerprint density at radius 2 is 2.17 bits per heavy atom. The van der Waals surface area contributed by atoms with E-state index in [4.69, 9.17) is 20.3 Å². The summed E-state index contributed by atoms with van der Waals surface area (Å²) in [5.41, 5.74) is 5.47. The van der Waals surface area contributed by atoms with Crippen LogP contribution in [0.1, 0.15) is 5.56 Å². The van der Waals surface area contributed by atoms with Crippen LogP contribution in [0.5, 0.6) is 11.5 Å². The number of hydrogen-bond acceptors (Lipinski definition) is 4. The molecule has 3 N–H and O–H groups in total. The number of primary amides is 1. The minimum absolute atomic E-state index is 0.274. The number of benzene rings is 1. The summed E-state index contributed by atoms with van der Waals surface area (Å²) < 4.78 is 10.3. The molecule has 0 radical (unpaired) electrons. The van der Waals surface area contributed by atoms with Gasteiger partial charge in [0.05, 0.1) is 7.11 Å². The zero-order valence-corrected chi connectivity index (χ0v) is 9.75. The van der Waals surface area contributed by atoms with Crippen LogP contribution in [0.15, 0.2) is 24.3 Å². The summed E-state index contributed by atoms with van der Waals surface area (Å²) in [7, 11) is 1.44. The van der Waals surface area contributed by atoms with Gasteiger partial charge in [0.15, 0.2) is 18.1 Å². The van der Waals surface area contributed by atoms with Crippen LogP contribution in [0, 0.1) is 0 Å². The maximum absolute atomic E-state index is 10.7. The maximum Gasteiger partial charge on any atom is 0.328 e. The molecular weight excluding hydrogens is 238 g/mol. The van der Waals surface area contributed by atoms with Gasteiger partial charge < -0.3 is 20.3 Å². The second kappa shape index (κ2) is 6.29. The van der Waals surface area contributed by atoms with Crippen molar-refractivity contribution in [1.82, 2.24) is 0 Å². The highest BCUT2D eigenvalue weighted by Gasteiger charge is 2.10. The molecule has 1 rings (SSSR count). The maximum atomic E-state index is 10.7. The van der Waals surface area contributed by atoms with Crippen molar-refractivity contribution in [3.05, 3.63) is 29.8 Å². The summed E-state index contributed by atoms with van der Waals surface area (Å²) in [5.74, 6) is -1.05. The Morgan fingerprint density at radius 1 is 1.44 bits per heavy atom. The first kappa shape index (κ1) is 13.6. The first-order valence-electron chi connectivity index (χ1n) is 5.03. The third kappa shape index (κ3) is 3.82. The summed E-state index contributed by atoms with van der Waals surface area (Å²) in [6.45, 7) is -0.311. The van der Waals surface area contributed by atoms with Crippen LogP contribution in [0.3, 0.4) is 0 Å². The van der Waals surface area contributed by atoms with Crippen molar-refractivity contribution < 1.29 is 24.2 Å². The summed E-state index contributed by atoms with van der Waals surface area (Å²) in [6.07, 6.45) is 2.31. The first-order valence-corrected chi connectivity index (χ1v) is 5.03. The molecule has 18 heavy (non-hydrogen) atoms. The van der Waals surface area contributed by atoms with Gasteiger partial charge in [-0.15, -0.1) is 0 Å². The Labute approximate surface area is 104 Å². The van der Waals surface area contributed by atoms with E-state index in [1.807, 2.05) is 0 Å². The fraction of sp³-hybridized carbons (Fsp3) is 0.167. The number of amides is 1. The van der Waals surface area contributed by atoms with E-state index >= 15 is 0 Å². The lowest BCUT2D eigenvalue weighted by Crippen LogP contribution is -2.20. The van der Waals surface area contributed by atoms with Crippen molar-refractivity contribution in [3.8, 4) is 11.5 Å². The van der Waals surface area contributed by atoms with E-state index < -0.39 is 11.9 Å². The van der Waals surface area contributed by atoms with Gasteiger partial charge in [-0.2, -0.15) is 0 Å². The lowest BCUT2D eigenvalue weighted by atomic mass is 10.1. The van der Waals surface area contributed by atoms with Crippen LogP contribution >= 0.6 is 0 Å². The number of carbonyl (C=O) groups is 2. The fourth-order valence-corrected chi connectivity index (χ4v) is 1.28. The van der Waals surface area contributed by atoms with Crippen molar-refractivity contribution in [3.63, 3.8) is 0 Å². The van der Waals surface area contributed by atoms with E-state index in [-0.39, 0.29) is 12.4 Å². The van der Waals surface area contributed by atoms with Crippen molar-refractivity contribution in [2.24, 2.45) is 5.73 Å². The molecule has 0 aliphatic rings. The van der Waals surface area contributed by atoms with Crippen LogP contribution in [0.4, 0.5) is 0 Å². The molecule has 0 saturated heterocycles. The Hall–Kier alpha value is -2.50. The number of hydrogen-bond donors (Lipinski definition) is 2. The third-order valence-electron chi connectivity index (χ3n) is 1.99. The van der Waals surface area contributed by atoms with Gasteiger partial charge in [0, 0.05) is 11.6 Å². The van der Waals surface area contributed by atoms with Gasteiger partial charge in [0.1, 0.15) is 0 Å². The molecule has 1 amide bonds. The SMILES string of the molecule is COc1cccc(/C=C/C(=O)O)c1OCC(N)=O. The minimum Gasteiger partial charge on any atom is -0.493 e. The van der Waals surface area contributed by atoms with E-state index in [0.29, 0.717) is 11.3 Å². The molecule has 0 aromatic heterocycles. The van der Waals surface area contributed by atoms with Gasteiger partial charge >= 0.3 is 5.97 Å². The molecule has 0 aliphatic heterocycles. The molecule has 6 nitrogen and oxygen atoms in total. The molecular formula is C12H13NO5. The van der Waals surface area contributed by atoms with E-state index in [2.05, 4.69) is 0 Å². The van der Waals surface area contributed by atoms with Crippen LogP contribution in [-0.2, 0) is 9.59 Å². The topological polar surface area (TPSA) is 98.8 Å². The number of aliphatic carboxylic acids is 1. The van der Waals surface area contributed by atoms with Crippen molar-refractivity contribution in [2.75, 3.05) is 13.7 Å². The monoisotopic (exact) mass is 251 g/mol. The second-order valence-corrected chi connectivity index (χ2v) is 3.31. The van der Waals surface area contributed by atoms with Crippen LogP contribution in [0.25, 0.3) is 6.08 Å². The van der Waals surface area contributed by atoms with E-state index in [1.54, 1.807) is 18.2 Å². The quantitative estimate of drug-likeness (QED) is 0.723. The number of methoxy groups -OCH3 is 1. The highest BCUT2D eigenvalue weighted by Crippen LogP contribution is 2.31. The van der Waals surface area contributed by atoms with Gasteiger partial charge in [0.25, 0.3) is 5.91 Å². The zero-order chi connectivity index (χ0) is 13.5. The van der Waals surface area contributed by atoms with Crippen molar-refractivity contribution in [2.45, 2.75) is 0 Å². The van der Waals surface area contributed by atoms with Gasteiger partial charge in [0.2, 0.25) is 0 Å². The zero-order valence-electron chi connectivity index (χ0n) is 9.75. The molecule has 0 fully saturated rings. The predicted octanol–water partition coefficient (Wildman–Crippen LogP) is 0.657. The second-order valence-electron chi connectivity index (χ2n) is 3.31. The van der Waals surface area contributed by atoms with E-state index in [0.717, 1.165) is 6.08 Å². The lowest BCUT2D eigenvalue weighted by molar-refractivity contribution is -0.131. The van der Waals surface area contributed by atoms with E-state index in [1.165, 1.54) is 13.2 Å². The Balaban J connectivity index is 3.07. The molecule has 0 spiro atoms. The molecule has 0 aliphatic carbocycles. The molecule has 0 unspecified atom stereocenters. The fourth-order valence-electron chi connectivity index (χ4n) is 1.28. The summed E-state index contributed by atoms with van der Waals surface area (Å²) >= 11 is 0. The summed E-state index contributed by atoms with van der Waals surface area (Å²) in [4.78, 5) is 21.2. The normalized spacial score (nSPS) is 10.3. The number of para-hydroxylation sites is 1. The van der Waals surface area contributed by atoms with E-state index in [9.17, 15) is 9.59 Å². The average Bonchev–Trinajstić information content (AvgIpc) is 2.33. The smallest absolute Gasteiger partial charge is 0.328 e. The number of nitrogens with two attached hydrogens (primary N) is 1. The number of ether oxygens (including phenoxy) is 2. The molecule has 96 valence electrons. The highest BCUT2D eigenvalue weighted by molar-refractivity contribution is 5.86.